The largest absolute Gasteiger partial charge is 0.491 e. The number of hydrogen-bond donors (Lipinski definition) is 2. The number of methoxy groups -OCH3 is 1. The third-order valence-electron chi connectivity index (χ3n) is 4.93. The average molecular weight is 436 g/mol. The van der Waals surface area contributed by atoms with Gasteiger partial charge >= 0.3 is 0 Å². The normalized spacial score (nSPS) is 11.4. The minimum atomic E-state index is 0.510. The van der Waals surface area contributed by atoms with Crippen molar-refractivity contribution in [3.8, 4) is 5.75 Å². The van der Waals surface area contributed by atoms with Crippen LogP contribution in [0.3, 0.4) is 0 Å². The molecule has 0 spiro atoms. The number of aryl methyl sites for hydroxylation is 1. The molecule has 0 fully saturated rings. The third kappa shape index (κ3) is 7.13. The van der Waals surface area contributed by atoms with Crippen LogP contribution < -0.4 is 15.4 Å². The zero-order chi connectivity index (χ0) is 22.6. The summed E-state index contributed by atoms with van der Waals surface area (Å²) >= 11 is 0. The topological polar surface area (TPSA) is 72.7 Å². The maximum atomic E-state index is 5.89. The molecule has 1 heterocycles. The van der Waals surface area contributed by atoms with Gasteiger partial charge in [0.1, 0.15) is 18.2 Å². The van der Waals surface area contributed by atoms with E-state index in [-0.39, 0.29) is 0 Å². The number of benzene rings is 2. The van der Waals surface area contributed by atoms with Crippen molar-refractivity contribution in [2.24, 2.45) is 4.99 Å². The van der Waals surface area contributed by atoms with Crippen LogP contribution in [0.15, 0.2) is 65.9 Å². The molecule has 0 radical (unpaired) electrons. The molecule has 0 unspecified atom stereocenters. The summed E-state index contributed by atoms with van der Waals surface area (Å²) in [5.74, 6) is 2.55. The molecule has 7 nitrogen and oxygen atoms in total. The van der Waals surface area contributed by atoms with E-state index in [4.69, 9.17) is 14.5 Å². The second kappa shape index (κ2) is 12.5. The molecule has 0 aliphatic heterocycles. The summed E-state index contributed by atoms with van der Waals surface area (Å²) in [6, 6.07) is 16.6. The highest BCUT2D eigenvalue weighted by molar-refractivity contribution is 5.79. The molecule has 3 aromatic rings. The Hall–Kier alpha value is -3.32. The number of ether oxygens (including phenoxy) is 2. The molecule has 170 valence electrons. The van der Waals surface area contributed by atoms with Crippen LogP contribution in [-0.4, -0.2) is 42.4 Å². The van der Waals surface area contributed by atoms with Crippen LogP contribution in [0, 0.1) is 6.92 Å². The molecule has 1 aromatic heterocycles. The standard InChI is InChI=1S/C25H33N5O2/c1-4-26-25(28-17-22-11-10-20(2)16-23(22)32-15-14-31-3)29-18-24-27-12-13-30(24)19-21-8-6-5-7-9-21/h5-13,16H,4,14-15,17-19H2,1-3H3,(H2,26,28,29). The molecule has 0 saturated heterocycles. The molecule has 0 saturated carbocycles. The van der Waals surface area contributed by atoms with Crippen molar-refractivity contribution in [1.29, 1.82) is 0 Å². The van der Waals surface area contributed by atoms with E-state index in [1.165, 1.54) is 5.56 Å². The lowest BCUT2D eigenvalue weighted by Crippen LogP contribution is -2.37. The van der Waals surface area contributed by atoms with Gasteiger partial charge < -0.3 is 24.7 Å². The van der Waals surface area contributed by atoms with Crippen molar-refractivity contribution in [2.75, 3.05) is 26.9 Å². The van der Waals surface area contributed by atoms with Crippen molar-refractivity contribution in [3.63, 3.8) is 0 Å². The lowest BCUT2D eigenvalue weighted by atomic mass is 10.1. The van der Waals surface area contributed by atoms with Crippen molar-refractivity contribution in [3.05, 3.63) is 83.4 Å². The van der Waals surface area contributed by atoms with Crippen molar-refractivity contribution >= 4 is 5.96 Å². The summed E-state index contributed by atoms with van der Waals surface area (Å²) in [5, 5.41) is 6.71. The van der Waals surface area contributed by atoms with E-state index in [2.05, 4.69) is 70.4 Å². The Morgan fingerprint density at radius 1 is 1.09 bits per heavy atom. The Bertz CT molecular complexity index is 985. The predicted octanol–water partition coefficient (Wildman–Crippen LogP) is 3.52. The minimum Gasteiger partial charge on any atom is -0.491 e. The number of hydrogen-bond acceptors (Lipinski definition) is 4. The van der Waals surface area contributed by atoms with Gasteiger partial charge in [-0.2, -0.15) is 0 Å². The van der Waals surface area contributed by atoms with Gasteiger partial charge in [-0.1, -0.05) is 42.5 Å². The first-order chi connectivity index (χ1) is 15.7. The number of nitrogens with one attached hydrogen (secondary N) is 2. The number of aromatic nitrogens is 2. The van der Waals surface area contributed by atoms with Crippen LogP contribution in [0.2, 0.25) is 0 Å². The Kier molecular flexibility index (Phi) is 9.13. The Balaban J connectivity index is 1.65. The Labute approximate surface area is 190 Å². The van der Waals surface area contributed by atoms with Crippen LogP contribution in [-0.2, 0) is 24.4 Å². The van der Waals surface area contributed by atoms with Crippen LogP contribution in [0.25, 0.3) is 0 Å². The van der Waals surface area contributed by atoms with Gasteiger partial charge in [-0.3, -0.25) is 0 Å². The molecule has 0 amide bonds. The SMILES string of the molecule is CCNC(=NCc1ccc(C)cc1OCCOC)NCc1nccn1Cc1ccccc1. The monoisotopic (exact) mass is 435 g/mol. The van der Waals surface area contributed by atoms with Gasteiger partial charge in [-0.05, 0) is 31.0 Å². The highest BCUT2D eigenvalue weighted by atomic mass is 16.5. The summed E-state index contributed by atoms with van der Waals surface area (Å²) in [5.41, 5.74) is 3.43. The van der Waals surface area contributed by atoms with E-state index in [9.17, 15) is 0 Å². The first kappa shape index (κ1) is 23.3. The van der Waals surface area contributed by atoms with Gasteiger partial charge in [0.05, 0.1) is 19.7 Å². The fraction of sp³-hybridized carbons (Fsp3) is 0.360. The molecule has 2 N–H and O–H groups in total. The summed E-state index contributed by atoms with van der Waals surface area (Å²) in [6.45, 7) is 7.83. The number of guanidine groups is 1. The number of aliphatic imine (C=N–C) groups is 1. The van der Waals surface area contributed by atoms with Crippen molar-refractivity contribution in [1.82, 2.24) is 20.2 Å². The number of nitrogens with zero attached hydrogens (tertiary/aromatic N) is 3. The van der Waals surface area contributed by atoms with Crippen molar-refractivity contribution < 1.29 is 9.47 Å². The van der Waals surface area contributed by atoms with Gasteiger partial charge in [0.2, 0.25) is 0 Å². The predicted molar refractivity (Wildman–Crippen MR) is 128 cm³/mol. The van der Waals surface area contributed by atoms with E-state index >= 15 is 0 Å². The fourth-order valence-corrected chi connectivity index (χ4v) is 3.26. The van der Waals surface area contributed by atoms with Gasteiger partial charge in [0, 0.05) is 38.2 Å². The maximum absolute atomic E-state index is 5.89. The molecule has 32 heavy (non-hydrogen) atoms. The molecule has 0 atom stereocenters. The van der Waals surface area contributed by atoms with Crippen LogP contribution >= 0.6 is 0 Å². The number of rotatable bonds is 11. The molecule has 7 heteroatoms. The molecule has 0 aliphatic rings. The summed E-state index contributed by atoms with van der Waals surface area (Å²) in [6.07, 6.45) is 3.84. The van der Waals surface area contributed by atoms with Gasteiger partial charge in [-0.25, -0.2) is 9.98 Å². The molecule has 0 aliphatic carbocycles. The quantitative estimate of drug-likeness (QED) is 0.274. The van der Waals surface area contributed by atoms with E-state index in [0.29, 0.717) is 26.3 Å². The Morgan fingerprint density at radius 3 is 2.72 bits per heavy atom. The molecular weight excluding hydrogens is 402 g/mol. The number of imidazole rings is 1. The fourth-order valence-electron chi connectivity index (χ4n) is 3.26. The zero-order valence-corrected chi connectivity index (χ0v) is 19.2. The van der Waals surface area contributed by atoms with Gasteiger partial charge in [0.15, 0.2) is 5.96 Å². The highest BCUT2D eigenvalue weighted by Crippen LogP contribution is 2.21. The van der Waals surface area contributed by atoms with Crippen LogP contribution in [0.4, 0.5) is 0 Å². The first-order valence-corrected chi connectivity index (χ1v) is 11.0. The average Bonchev–Trinajstić information content (AvgIpc) is 3.24. The highest BCUT2D eigenvalue weighted by Gasteiger charge is 2.07. The first-order valence-electron chi connectivity index (χ1n) is 11.0. The Morgan fingerprint density at radius 2 is 1.94 bits per heavy atom. The molecule has 2 aromatic carbocycles. The van der Waals surface area contributed by atoms with Gasteiger partial charge in [-0.15, -0.1) is 0 Å². The minimum absolute atomic E-state index is 0.510. The summed E-state index contributed by atoms with van der Waals surface area (Å²) < 4.78 is 13.1. The van der Waals surface area contributed by atoms with E-state index in [1.54, 1.807) is 7.11 Å². The van der Waals surface area contributed by atoms with E-state index in [1.807, 2.05) is 24.5 Å². The molecular formula is C25H33N5O2. The van der Waals surface area contributed by atoms with Crippen LogP contribution in [0.1, 0.15) is 29.4 Å². The van der Waals surface area contributed by atoms with Crippen molar-refractivity contribution in [2.45, 2.75) is 33.5 Å². The lowest BCUT2D eigenvalue weighted by Gasteiger charge is -2.14. The smallest absolute Gasteiger partial charge is 0.191 e. The molecule has 0 bridgehead atoms. The maximum Gasteiger partial charge on any atom is 0.191 e. The second-order valence-electron chi connectivity index (χ2n) is 7.46. The van der Waals surface area contributed by atoms with E-state index < -0.39 is 0 Å². The van der Waals surface area contributed by atoms with Gasteiger partial charge in [0.25, 0.3) is 0 Å². The second-order valence-corrected chi connectivity index (χ2v) is 7.46. The third-order valence-corrected chi connectivity index (χ3v) is 4.93. The molecule has 3 rings (SSSR count). The van der Waals surface area contributed by atoms with E-state index in [0.717, 1.165) is 41.7 Å². The zero-order valence-electron chi connectivity index (χ0n) is 19.2. The van der Waals surface area contributed by atoms with Crippen LogP contribution in [0.5, 0.6) is 5.75 Å². The lowest BCUT2D eigenvalue weighted by molar-refractivity contribution is 0.145. The summed E-state index contributed by atoms with van der Waals surface area (Å²) in [4.78, 5) is 9.28. The summed E-state index contributed by atoms with van der Waals surface area (Å²) in [7, 11) is 1.67.